The molecule has 0 aliphatic carbocycles. The van der Waals surface area contributed by atoms with Crippen molar-refractivity contribution in [2.24, 2.45) is 5.92 Å². The van der Waals surface area contributed by atoms with Crippen molar-refractivity contribution >= 4 is 11.7 Å². The number of ketones is 1. The molecule has 0 spiro atoms. The molecule has 0 radical (unpaired) electrons. The van der Waals surface area contributed by atoms with Crippen molar-refractivity contribution in [1.82, 2.24) is 4.90 Å². The minimum atomic E-state index is 0.169. The van der Waals surface area contributed by atoms with Crippen molar-refractivity contribution in [3.05, 3.63) is 35.4 Å². The highest BCUT2D eigenvalue weighted by Crippen LogP contribution is 2.20. The van der Waals surface area contributed by atoms with Gasteiger partial charge in [-0.3, -0.25) is 9.59 Å². The minimum Gasteiger partial charge on any atom is -0.342 e. The summed E-state index contributed by atoms with van der Waals surface area (Å²) >= 11 is 0. The maximum atomic E-state index is 12.3. The number of carbonyl (C=O) groups excluding carboxylic acids is 2. The summed E-state index contributed by atoms with van der Waals surface area (Å²) in [4.78, 5) is 25.9. The molecule has 1 saturated heterocycles. The van der Waals surface area contributed by atoms with Crippen molar-refractivity contribution in [2.45, 2.75) is 39.5 Å². The number of benzene rings is 1. The van der Waals surface area contributed by atoms with Gasteiger partial charge in [0, 0.05) is 25.4 Å². The first-order valence-corrected chi connectivity index (χ1v) is 7.46. The van der Waals surface area contributed by atoms with E-state index in [9.17, 15) is 9.59 Å². The highest BCUT2D eigenvalue weighted by molar-refractivity contribution is 5.82. The van der Waals surface area contributed by atoms with Crippen LogP contribution in [0.5, 0.6) is 0 Å². The fourth-order valence-electron chi connectivity index (χ4n) is 2.82. The Labute approximate surface area is 121 Å². The zero-order chi connectivity index (χ0) is 14.5. The highest BCUT2D eigenvalue weighted by atomic mass is 16.2. The van der Waals surface area contributed by atoms with E-state index in [1.54, 1.807) is 0 Å². The maximum Gasteiger partial charge on any atom is 0.226 e. The quantitative estimate of drug-likeness (QED) is 0.846. The van der Waals surface area contributed by atoms with Gasteiger partial charge in [0.05, 0.1) is 6.42 Å². The van der Waals surface area contributed by atoms with Crippen LogP contribution in [0.1, 0.15) is 37.3 Å². The molecule has 20 heavy (non-hydrogen) atoms. The molecule has 3 heteroatoms. The number of nitrogens with zero attached hydrogens (tertiary/aromatic N) is 1. The van der Waals surface area contributed by atoms with Crippen LogP contribution >= 0.6 is 0 Å². The number of Topliss-reactive ketones (excluding diaryl/α,β-unsaturated/α-hetero) is 1. The van der Waals surface area contributed by atoms with Gasteiger partial charge in [0.2, 0.25) is 5.91 Å². The first-order valence-electron chi connectivity index (χ1n) is 7.46. The Kier molecular flexibility index (Phi) is 4.94. The van der Waals surface area contributed by atoms with Gasteiger partial charge in [-0.15, -0.1) is 0 Å². The number of likely N-dealkylation sites (tertiary alicyclic amines) is 1. The highest BCUT2D eigenvalue weighted by Gasteiger charge is 2.26. The lowest BCUT2D eigenvalue weighted by Gasteiger charge is -2.31. The van der Waals surface area contributed by atoms with Crippen molar-refractivity contribution in [3.8, 4) is 0 Å². The predicted molar refractivity (Wildman–Crippen MR) is 79.5 cm³/mol. The average Bonchev–Trinajstić information content (AvgIpc) is 2.49. The number of carbonyl (C=O) groups is 2. The van der Waals surface area contributed by atoms with Crippen LogP contribution in [0.2, 0.25) is 0 Å². The third kappa shape index (κ3) is 3.47. The Morgan fingerprint density at radius 1 is 1.20 bits per heavy atom. The summed E-state index contributed by atoms with van der Waals surface area (Å²) in [6, 6.07) is 8.02. The Balaban J connectivity index is 1.89. The fraction of sp³-hybridized carbons (Fsp3) is 0.529. The number of amides is 1. The maximum absolute atomic E-state index is 12.3. The molecule has 0 N–H and O–H groups in total. The summed E-state index contributed by atoms with van der Waals surface area (Å²) in [5.41, 5.74) is 2.26. The van der Waals surface area contributed by atoms with E-state index in [2.05, 4.69) is 0 Å². The molecule has 1 aliphatic heterocycles. The second kappa shape index (κ2) is 6.69. The van der Waals surface area contributed by atoms with Gasteiger partial charge in [-0.1, -0.05) is 31.2 Å². The summed E-state index contributed by atoms with van der Waals surface area (Å²) in [5.74, 6) is 0.695. The van der Waals surface area contributed by atoms with Crippen molar-refractivity contribution in [3.63, 3.8) is 0 Å². The van der Waals surface area contributed by atoms with E-state index >= 15 is 0 Å². The summed E-state index contributed by atoms with van der Waals surface area (Å²) < 4.78 is 0. The van der Waals surface area contributed by atoms with Crippen LogP contribution in [0.3, 0.4) is 0 Å². The van der Waals surface area contributed by atoms with E-state index in [0.717, 1.165) is 37.1 Å². The average molecular weight is 273 g/mol. The lowest BCUT2D eigenvalue weighted by molar-refractivity contribution is -0.134. The third-order valence-electron chi connectivity index (χ3n) is 4.25. The van der Waals surface area contributed by atoms with Gasteiger partial charge in [-0.05, 0) is 30.9 Å². The van der Waals surface area contributed by atoms with Crippen LogP contribution in [-0.4, -0.2) is 29.7 Å². The van der Waals surface area contributed by atoms with Crippen LogP contribution in [0.4, 0.5) is 0 Å². The zero-order valence-corrected chi connectivity index (χ0v) is 12.4. The molecule has 1 fully saturated rings. The molecule has 1 aliphatic rings. The topological polar surface area (TPSA) is 37.4 Å². The Morgan fingerprint density at radius 3 is 2.45 bits per heavy atom. The fourth-order valence-corrected chi connectivity index (χ4v) is 2.82. The van der Waals surface area contributed by atoms with Crippen molar-refractivity contribution < 1.29 is 9.59 Å². The molecule has 3 nitrogen and oxygen atoms in total. The molecule has 1 aromatic rings. The van der Waals surface area contributed by atoms with E-state index in [4.69, 9.17) is 0 Å². The third-order valence-corrected chi connectivity index (χ3v) is 4.25. The molecule has 1 heterocycles. The standard InChI is InChI=1S/C17H23NO2/c1-3-16(19)14-8-10-18(11-9-14)17(20)12-15-7-5-4-6-13(15)2/h4-7,14H,3,8-12H2,1-2H3. The van der Waals surface area contributed by atoms with E-state index in [1.165, 1.54) is 0 Å². The number of hydrogen-bond acceptors (Lipinski definition) is 2. The molecule has 0 bridgehead atoms. The first kappa shape index (κ1) is 14.8. The zero-order valence-electron chi connectivity index (χ0n) is 12.4. The summed E-state index contributed by atoms with van der Waals surface area (Å²) in [6.45, 7) is 5.40. The van der Waals surface area contributed by atoms with E-state index < -0.39 is 0 Å². The van der Waals surface area contributed by atoms with Crippen LogP contribution in [0, 0.1) is 12.8 Å². The number of aryl methyl sites for hydroxylation is 1. The SMILES string of the molecule is CCC(=O)C1CCN(C(=O)Cc2ccccc2C)CC1. The smallest absolute Gasteiger partial charge is 0.226 e. The lowest BCUT2D eigenvalue weighted by atomic mass is 9.91. The lowest BCUT2D eigenvalue weighted by Crippen LogP contribution is -2.41. The van der Waals surface area contributed by atoms with Crippen molar-refractivity contribution in [2.75, 3.05) is 13.1 Å². The van der Waals surface area contributed by atoms with Crippen LogP contribution < -0.4 is 0 Å². The molecule has 1 aromatic carbocycles. The molecule has 2 rings (SSSR count). The molecule has 108 valence electrons. The van der Waals surface area contributed by atoms with E-state index in [0.29, 0.717) is 18.6 Å². The summed E-state index contributed by atoms with van der Waals surface area (Å²) in [6.07, 6.45) is 2.74. The minimum absolute atomic E-state index is 0.169. The Hall–Kier alpha value is -1.64. The molecule has 0 unspecified atom stereocenters. The largest absolute Gasteiger partial charge is 0.342 e. The Morgan fingerprint density at radius 2 is 1.85 bits per heavy atom. The first-order chi connectivity index (χ1) is 9.61. The molecule has 0 aromatic heterocycles. The molecule has 1 amide bonds. The second-order valence-corrected chi connectivity index (χ2v) is 5.58. The van der Waals surface area contributed by atoms with E-state index in [1.807, 2.05) is 43.0 Å². The van der Waals surface area contributed by atoms with Crippen LogP contribution in [0.25, 0.3) is 0 Å². The van der Waals surface area contributed by atoms with Crippen molar-refractivity contribution in [1.29, 1.82) is 0 Å². The van der Waals surface area contributed by atoms with Gasteiger partial charge in [0.15, 0.2) is 0 Å². The Bertz CT molecular complexity index is 488. The molecular weight excluding hydrogens is 250 g/mol. The van der Waals surface area contributed by atoms with Crippen LogP contribution in [-0.2, 0) is 16.0 Å². The number of rotatable bonds is 4. The number of hydrogen-bond donors (Lipinski definition) is 0. The van der Waals surface area contributed by atoms with E-state index in [-0.39, 0.29) is 11.8 Å². The van der Waals surface area contributed by atoms with Gasteiger partial charge in [0.1, 0.15) is 5.78 Å². The van der Waals surface area contributed by atoms with Gasteiger partial charge < -0.3 is 4.90 Å². The summed E-state index contributed by atoms with van der Waals surface area (Å²) in [5, 5.41) is 0. The number of piperidine rings is 1. The van der Waals surface area contributed by atoms with Gasteiger partial charge in [0.25, 0.3) is 0 Å². The predicted octanol–water partition coefficient (Wildman–Crippen LogP) is 2.76. The van der Waals surface area contributed by atoms with Gasteiger partial charge in [-0.2, -0.15) is 0 Å². The normalized spacial score (nSPS) is 16.2. The molecular formula is C17H23NO2. The molecule has 0 atom stereocenters. The summed E-state index contributed by atoms with van der Waals surface area (Å²) in [7, 11) is 0. The van der Waals surface area contributed by atoms with Crippen LogP contribution in [0.15, 0.2) is 24.3 Å². The molecule has 0 saturated carbocycles. The second-order valence-electron chi connectivity index (χ2n) is 5.58. The monoisotopic (exact) mass is 273 g/mol. The van der Waals surface area contributed by atoms with Gasteiger partial charge >= 0.3 is 0 Å². The van der Waals surface area contributed by atoms with Gasteiger partial charge in [-0.25, -0.2) is 0 Å².